The normalized spacial score (nSPS) is 25.4. The van der Waals surface area contributed by atoms with Gasteiger partial charge in [-0.3, -0.25) is 9.78 Å². The van der Waals surface area contributed by atoms with Crippen LogP contribution in [-0.2, 0) is 0 Å². The van der Waals surface area contributed by atoms with Crippen LogP contribution in [0.4, 0.5) is 4.39 Å². The molecule has 4 N–H and O–H groups in total. The van der Waals surface area contributed by atoms with Crippen LogP contribution in [0.2, 0.25) is 0 Å². The molecule has 1 aliphatic heterocycles. The van der Waals surface area contributed by atoms with Crippen molar-refractivity contribution in [3.05, 3.63) is 42.1 Å². The van der Waals surface area contributed by atoms with E-state index >= 15 is 4.39 Å². The van der Waals surface area contributed by atoms with Gasteiger partial charge in [0.25, 0.3) is 5.91 Å². The fourth-order valence-corrected chi connectivity index (χ4v) is 4.04. The molecule has 4 atom stereocenters. The number of alkyl halides is 2. The Hall–Kier alpha value is -1.80. The first kappa shape index (κ1) is 20.9. The van der Waals surface area contributed by atoms with Gasteiger partial charge in [-0.1, -0.05) is 25.1 Å². The highest BCUT2D eigenvalue weighted by molar-refractivity contribution is 6.21. The summed E-state index contributed by atoms with van der Waals surface area (Å²) < 4.78 is 15.6. The predicted octanol–water partition coefficient (Wildman–Crippen LogP) is 1.90. The number of para-hydroxylation sites is 1. The lowest BCUT2D eigenvalue weighted by molar-refractivity contribution is 0.0229. The lowest BCUT2D eigenvalue weighted by Gasteiger charge is -2.43. The number of nitrogens with one attached hydrogen (secondary N) is 1. The Morgan fingerprint density at radius 2 is 2.25 bits per heavy atom. The molecule has 0 radical (unpaired) electrons. The van der Waals surface area contributed by atoms with Crippen LogP contribution < -0.4 is 11.1 Å². The minimum Gasteiger partial charge on any atom is -0.396 e. The average molecular weight is 409 g/mol. The first-order valence-corrected chi connectivity index (χ1v) is 9.85. The Morgan fingerprint density at radius 3 is 2.96 bits per heavy atom. The van der Waals surface area contributed by atoms with Gasteiger partial charge >= 0.3 is 0 Å². The van der Waals surface area contributed by atoms with Gasteiger partial charge in [0.05, 0.1) is 16.5 Å². The molecule has 1 saturated heterocycles. The molecule has 152 valence electrons. The van der Waals surface area contributed by atoms with Gasteiger partial charge in [-0.25, -0.2) is 4.39 Å². The van der Waals surface area contributed by atoms with Crippen LogP contribution in [0.5, 0.6) is 0 Å². The van der Waals surface area contributed by atoms with Crippen LogP contribution in [0.15, 0.2) is 36.5 Å². The van der Waals surface area contributed by atoms with E-state index in [0.717, 1.165) is 5.39 Å². The number of halogens is 2. The molecule has 3 rings (SSSR count). The lowest BCUT2D eigenvalue weighted by Crippen LogP contribution is -2.65. The van der Waals surface area contributed by atoms with Crippen molar-refractivity contribution < 1.29 is 14.3 Å². The molecule has 1 amide bonds. The molecule has 0 aliphatic carbocycles. The highest BCUT2D eigenvalue weighted by Crippen LogP contribution is 2.33. The summed E-state index contributed by atoms with van der Waals surface area (Å²) in [6, 6.07) is 8.89. The summed E-state index contributed by atoms with van der Waals surface area (Å²) in [7, 11) is 0. The van der Waals surface area contributed by atoms with Gasteiger partial charge in [-0.15, -0.1) is 11.6 Å². The molecule has 0 bridgehead atoms. The molecule has 1 aromatic heterocycles. The number of nitrogens with two attached hydrogens (primary N) is 1. The van der Waals surface area contributed by atoms with E-state index in [9.17, 15) is 9.90 Å². The molecular weight excluding hydrogens is 383 g/mol. The Balaban J connectivity index is 1.70. The second kappa shape index (κ2) is 8.69. The van der Waals surface area contributed by atoms with Gasteiger partial charge in [0.2, 0.25) is 0 Å². The van der Waals surface area contributed by atoms with E-state index in [2.05, 4.69) is 10.3 Å². The van der Waals surface area contributed by atoms with Crippen molar-refractivity contribution >= 4 is 28.4 Å². The van der Waals surface area contributed by atoms with Gasteiger partial charge in [0.1, 0.15) is 6.17 Å². The Bertz CT molecular complexity index is 833. The fraction of sp³-hybridized carbons (Fsp3) is 0.500. The monoisotopic (exact) mass is 408 g/mol. The predicted molar refractivity (Wildman–Crippen MR) is 108 cm³/mol. The number of amides is 1. The molecule has 0 saturated carbocycles. The smallest absolute Gasteiger partial charge is 0.254 e. The number of likely N-dealkylation sites (tertiary alicyclic amines) is 1. The zero-order chi connectivity index (χ0) is 20.3. The van der Waals surface area contributed by atoms with E-state index in [1.807, 2.05) is 24.0 Å². The van der Waals surface area contributed by atoms with Gasteiger partial charge in [0.15, 0.2) is 5.67 Å². The first-order chi connectivity index (χ1) is 13.3. The molecular formula is C20H26ClFN4O2. The summed E-state index contributed by atoms with van der Waals surface area (Å²) in [5, 5.41) is 11.7. The van der Waals surface area contributed by atoms with Crippen LogP contribution in [0, 0.1) is 5.92 Å². The summed E-state index contributed by atoms with van der Waals surface area (Å²) in [4.78, 5) is 19.0. The number of benzene rings is 1. The minimum absolute atomic E-state index is 0.0683. The van der Waals surface area contributed by atoms with E-state index in [1.54, 1.807) is 24.4 Å². The number of pyridine rings is 1. The molecule has 1 aromatic carbocycles. The maximum absolute atomic E-state index is 15.6. The van der Waals surface area contributed by atoms with Crippen molar-refractivity contribution in [2.45, 2.75) is 30.6 Å². The van der Waals surface area contributed by atoms with Gasteiger partial charge in [-0.2, -0.15) is 0 Å². The second-order valence-electron chi connectivity index (χ2n) is 7.52. The number of aliphatic hydroxyl groups excluding tert-OH is 1. The number of fused-ring (bicyclic) bond motifs is 1. The van der Waals surface area contributed by atoms with Crippen molar-refractivity contribution in [3.8, 4) is 0 Å². The lowest BCUT2D eigenvalue weighted by atomic mass is 9.89. The van der Waals surface area contributed by atoms with Gasteiger partial charge < -0.3 is 21.1 Å². The number of hydrogen-bond acceptors (Lipinski definition) is 5. The maximum atomic E-state index is 15.6. The molecule has 4 unspecified atom stereocenters. The summed E-state index contributed by atoms with van der Waals surface area (Å²) in [5.41, 5.74) is 5.02. The SMILES string of the molecule is CC(CO)CN1CCC(F)(C(N)NC(=O)c2cccc3cccnc23)C(Cl)C1. The zero-order valence-corrected chi connectivity index (χ0v) is 16.6. The van der Waals surface area contributed by atoms with E-state index in [4.69, 9.17) is 17.3 Å². The van der Waals surface area contributed by atoms with Gasteiger partial charge in [0, 0.05) is 37.8 Å². The average Bonchev–Trinajstić information content (AvgIpc) is 2.70. The largest absolute Gasteiger partial charge is 0.396 e. The van der Waals surface area contributed by atoms with E-state index in [0.29, 0.717) is 30.7 Å². The topological polar surface area (TPSA) is 91.5 Å². The highest BCUT2D eigenvalue weighted by atomic mass is 35.5. The van der Waals surface area contributed by atoms with E-state index in [-0.39, 0.29) is 18.9 Å². The third kappa shape index (κ3) is 4.27. The fourth-order valence-electron chi connectivity index (χ4n) is 3.60. The summed E-state index contributed by atoms with van der Waals surface area (Å²) in [6.45, 7) is 3.40. The number of rotatable bonds is 6. The molecule has 6 nitrogen and oxygen atoms in total. The Morgan fingerprint density at radius 1 is 1.50 bits per heavy atom. The molecule has 28 heavy (non-hydrogen) atoms. The van der Waals surface area contributed by atoms with Crippen LogP contribution in [0.1, 0.15) is 23.7 Å². The number of carbonyl (C=O) groups excluding carboxylic acids is 1. The quantitative estimate of drug-likeness (QED) is 0.501. The summed E-state index contributed by atoms with van der Waals surface area (Å²) >= 11 is 6.34. The molecule has 1 fully saturated rings. The number of piperidine rings is 1. The Labute approximate surface area is 168 Å². The first-order valence-electron chi connectivity index (χ1n) is 9.41. The third-order valence-corrected chi connectivity index (χ3v) is 5.81. The van der Waals surface area contributed by atoms with Crippen LogP contribution >= 0.6 is 11.6 Å². The van der Waals surface area contributed by atoms with Crippen molar-refractivity contribution in [2.24, 2.45) is 11.7 Å². The zero-order valence-electron chi connectivity index (χ0n) is 15.8. The van der Waals surface area contributed by atoms with Crippen molar-refractivity contribution in [1.82, 2.24) is 15.2 Å². The number of carbonyl (C=O) groups is 1. The number of aliphatic hydroxyl groups is 1. The molecule has 2 aromatic rings. The molecule has 0 spiro atoms. The van der Waals surface area contributed by atoms with Crippen molar-refractivity contribution in [3.63, 3.8) is 0 Å². The number of hydrogen-bond donors (Lipinski definition) is 3. The second-order valence-corrected chi connectivity index (χ2v) is 8.05. The maximum Gasteiger partial charge on any atom is 0.254 e. The molecule has 2 heterocycles. The van der Waals surface area contributed by atoms with Crippen LogP contribution in [0.3, 0.4) is 0 Å². The minimum atomic E-state index is -1.92. The Kier molecular flexibility index (Phi) is 6.50. The molecule has 8 heteroatoms. The van der Waals surface area contributed by atoms with E-state index < -0.39 is 23.1 Å². The highest BCUT2D eigenvalue weighted by Gasteiger charge is 2.48. The molecule has 1 aliphatic rings. The standard InChI is InChI=1S/C20H26ClFN4O2/c1-13(12-27)10-26-9-7-20(22,16(21)11-26)19(23)25-18(28)15-6-2-4-14-5-3-8-24-17(14)15/h2-6,8,13,16,19,27H,7,9-12,23H2,1H3,(H,25,28). The van der Waals surface area contributed by atoms with Crippen LogP contribution in [0.25, 0.3) is 10.9 Å². The van der Waals surface area contributed by atoms with E-state index in [1.165, 1.54) is 0 Å². The van der Waals surface area contributed by atoms with Crippen molar-refractivity contribution in [1.29, 1.82) is 0 Å². The summed E-state index contributed by atoms with van der Waals surface area (Å²) in [6.07, 6.45) is 0.473. The number of aromatic nitrogens is 1. The summed E-state index contributed by atoms with van der Waals surface area (Å²) in [5.74, 6) is -0.391. The third-order valence-electron chi connectivity index (χ3n) is 5.31. The van der Waals surface area contributed by atoms with Crippen LogP contribution in [-0.4, -0.2) is 64.4 Å². The number of nitrogens with zero attached hydrogens (tertiary/aromatic N) is 2. The van der Waals surface area contributed by atoms with Crippen molar-refractivity contribution in [2.75, 3.05) is 26.2 Å². The van der Waals surface area contributed by atoms with Gasteiger partial charge in [-0.05, 0) is 24.5 Å².